The summed E-state index contributed by atoms with van der Waals surface area (Å²) in [5.74, 6) is -0.000319. The second-order valence-electron chi connectivity index (χ2n) is 7.08. The van der Waals surface area contributed by atoms with E-state index in [1.807, 2.05) is 18.2 Å². The number of carbonyl (C=O) groups is 1. The van der Waals surface area contributed by atoms with Crippen molar-refractivity contribution in [3.05, 3.63) is 83.4 Å². The van der Waals surface area contributed by atoms with Crippen molar-refractivity contribution < 1.29 is 22.7 Å². The molecule has 0 N–H and O–H groups in total. The highest BCUT2D eigenvalue weighted by molar-refractivity contribution is 5.99. The molecule has 5 nitrogen and oxygen atoms in total. The first-order chi connectivity index (χ1) is 14.8. The van der Waals surface area contributed by atoms with Crippen LogP contribution < -0.4 is 4.74 Å². The number of Topliss-reactive ketones (excluding diaryl/α,β-unsaturated/α-hetero) is 1. The molecule has 0 atom stereocenters. The van der Waals surface area contributed by atoms with Gasteiger partial charge < -0.3 is 9.30 Å². The lowest BCUT2D eigenvalue weighted by atomic mass is 10.1. The molecule has 0 fully saturated rings. The van der Waals surface area contributed by atoms with Gasteiger partial charge in [0.1, 0.15) is 6.33 Å². The van der Waals surface area contributed by atoms with Gasteiger partial charge in [0.25, 0.3) is 0 Å². The Labute approximate surface area is 176 Å². The Morgan fingerprint density at radius 1 is 1.03 bits per heavy atom. The van der Waals surface area contributed by atoms with Crippen molar-refractivity contribution in [2.24, 2.45) is 0 Å². The fourth-order valence-electron chi connectivity index (χ4n) is 3.57. The van der Waals surface area contributed by atoms with E-state index in [1.165, 1.54) is 12.4 Å². The van der Waals surface area contributed by atoms with Crippen LogP contribution in [0.25, 0.3) is 16.6 Å². The zero-order chi connectivity index (χ0) is 22.2. The molecule has 0 saturated carbocycles. The minimum Gasteiger partial charge on any atom is -0.469 e. The maximum Gasteiger partial charge on any atom is 0.416 e. The Kier molecular flexibility index (Phi) is 5.22. The highest BCUT2D eigenvalue weighted by Crippen LogP contribution is 2.31. The molecule has 4 aromatic rings. The van der Waals surface area contributed by atoms with Gasteiger partial charge in [-0.15, -0.1) is 0 Å². The fraction of sp³-hybridized carbons (Fsp3) is 0.174. The summed E-state index contributed by atoms with van der Waals surface area (Å²) in [5.41, 5.74) is 1.86. The van der Waals surface area contributed by atoms with E-state index in [9.17, 15) is 18.0 Å². The van der Waals surface area contributed by atoms with Gasteiger partial charge in [-0.05, 0) is 50.2 Å². The summed E-state index contributed by atoms with van der Waals surface area (Å²) >= 11 is 0. The molecule has 0 saturated heterocycles. The standard InChI is InChI=1S/C23H18F3N3O2/c1-14-10-19(15(2)29(14)17-7-5-6-16(11-17)23(24,25)26)21(30)12-31-22-18-8-3-4-9-20(18)27-13-28-22/h3-11,13H,12H2,1-2H3. The summed E-state index contributed by atoms with van der Waals surface area (Å²) in [6.07, 6.45) is -3.08. The molecule has 2 aromatic heterocycles. The predicted molar refractivity (Wildman–Crippen MR) is 110 cm³/mol. The number of carbonyl (C=O) groups excluding carboxylic acids is 1. The van der Waals surface area contributed by atoms with Gasteiger partial charge in [-0.25, -0.2) is 9.97 Å². The van der Waals surface area contributed by atoms with Crippen molar-refractivity contribution in [2.75, 3.05) is 6.61 Å². The van der Waals surface area contributed by atoms with Crippen LogP contribution in [-0.2, 0) is 6.18 Å². The highest BCUT2D eigenvalue weighted by Gasteiger charge is 2.31. The van der Waals surface area contributed by atoms with Crippen molar-refractivity contribution in [3.63, 3.8) is 0 Å². The zero-order valence-electron chi connectivity index (χ0n) is 16.8. The van der Waals surface area contributed by atoms with Gasteiger partial charge in [0.05, 0.1) is 16.5 Å². The van der Waals surface area contributed by atoms with Crippen LogP contribution >= 0.6 is 0 Å². The molecule has 2 aromatic carbocycles. The lowest BCUT2D eigenvalue weighted by molar-refractivity contribution is -0.137. The van der Waals surface area contributed by atoms with Crippen LogP contribution in [-0.4, -0.2) is 26.9 Å². The number of benzene rings is 2. The Bertz CT molecular complexity index is 1270. The number of ketones is 1. The van der Waals surface area contributed by atoms with Gasteiger partial charge in [0.15, 0.2) is 6.61 Å². The Hall–Kier alpha value is -3.68. The van der Waals surface area contributed by atoms with E-state index in [-0.39, 0.29) is 12.4 Å². The Balaban J connectivity index is 1.61. The number of aromatic nitrogens is 3. The summed E-state index contributed by atoms with van der Waals surface area (Å²) in [4.78, 5) is 21.1. The smallest absolute Gasteiger partial charge is 0.416 e. The van der Waals surface area contributed by atoms with Crippen molar-refractivity contribution in [1.29, 1.82) is 0 Å². The molecule has 158 valence electrons. The predicted octanol–water partition coefficient (Wildman–Crippen LogP) is 5.32. The summed E-state index contributed by atoms with van der Waals surface area (Å²) < 4.78 is 46.6. The highest BCUT2D eigenvalue weighted by atomic mass is 19.4. The van der Waals surface area contributed by atoms with Crippen LogP contribution in [0.4, 0.5) is 13.2 Å². The number of hydrogen-bond acceptors (Lipinski definition) is 4. The fourth-order valence-corrected chi connectivity index (χ4v) is 3.57. The number of fused-ring (bicyclic) bond motifs is 1. The minimum atomic E-state index is -4.45. The molecule has 0 aliphatic carbocycles. The number of hydrogen-bond donors (Lipinski definition) is 0. The van der Waals surface area contributed by atoms with Crippen molar-refractivity contribution in [2.45, 2.75) is 20.0 Å². The molecule has 31 heavy (non-hydrogen) atoms. The molecule has 0 bridgehead atoms. The number of halogens is 3. The second kappa shape index (κ2) is 7.86. The topological polar surface area (TPSA) is 57.0 Å². The summed E-state index contributed by atoms with van der Waals surface area (Å²) in [6.45, 7) is 3.18. The van der Waals surface area contributed by atoms with Gasteiger partial charge in [0.2, 0.25) is 11.7 Å². The quantitative estimate of drug-likeness (QED) is 0.406. The van der Waals surface area contributed by atoms with Crippen LogP contribution in [0.3, 0.4) is 0 Å². The number of ether oxygens (including phenoxy) is 1. The van der Waals surface area contributed by atoms with Gasteiger partial charge >= 0.3 is 6.18 Å². The lowest BCUT2D eigenvalue weighted by Crippen LogP contribution is -2.13. The van der Waals surface area contributed by atoms with Gasteiger partial charge in [-0.1, -0.05) is 18.2 Å². The van der Waals surface area contributed by atoms with Crippen LogP contribution in [0.2, 0.25) is 0 Å². The molecule has 0 spiro atoms. The van der Waals surface area contributed by atoms with Crippen LogP contribution in [0.15, 0.2) is 60.9 Å². The van der Waals surface area contributed by atoms with E-state index >= 15 is 0 Å². The molecule has 0 aliphatic rings. The molecule has 2 heterocycles. The van der Waals surface area contributed by atoms with Crippen LogP contribution in [0.1, 0.15) is 27.3 Å². The number of aryl methyl sites for hydroxylation is 1. The molecule has 0 aliphatic heterocycles. The molecule has 0 unspecified atom stereocenters. The molecular formula is C23H18F3N3O2. The lowest BCUT2D eigenvalue weighted by Gasteiger charge is -2.13. The van der Waals surface area contributed by atoms with Gasteiger partial charge in [-0.3, -0.25) is 4.79 Å². The number of nitrogens with zero attached hydrogens (tertiary/aromatic N) is 3. The first kappa shape index (κ1) is 20.6. The van der Waals surface area contributed by atoms with E-state index < -0.39 is 11.7 Å². The number of alkyl halides is 3. The maximum absolute atomic E-state index is 13.1. The average Bonchev–Trinajstić information content (AvgIpc) is 3.05. The molecule has 8 heteroatoms. The van der Waals surface area contributed by atoms with E-state index in [2.05, 4.69) is 9.97 Å². The van der Waals surface area contributed by atoms with E-state index in [1.54, 1.807) is 36.6 Å². The second-order valence-corrected chi connectivity index (χ2v) is 7.08. The molecule has 4 rings (SSSR count). The van der Waals surface area contributed by atoms with Gasteiger partial charge in [-0.2, -0.15) is 13.2 Å². The third-order valence-electron chi connectivity index (χ3n) is 5.01. The van der Waals surface area contributed by atoms with Crippen molar-refractivity contribution in [3.8, 4) is 11.6 Å². The molecule has 0 radical (unpaired) electrons. The normalized spacial score (nSPS) is 11.6. The maximum atomic E-state index is 13.1. The minimum absolute atomic E-state index is 0.256. The van der Waals surface area contributed by atoms with E-state index in [0.717, 1.165) is 12.1 Å². The van der Waals surface area contributed by atoms with E-state index in [4.69, 9.17) is 4.74 Å². The summed E-state index contributed by atoms with van der Waals surface area (Å²) in [6, 6.07) is 13.9. The average molecular weight is 425 g/mol. The first-order valence-electron chi connectivity index (χ1n) is 9.48. The Morgan fingerprint density at radius 2 is 1.81 bits per heavy atom. The first-order valence-corrected chi connectivity index (χ1v) is 9.48. The van der Waals surface area contributed by atoms with Crippen LogP contribution in [0, 0.1) is 13.8 Å². The number of para-hydroxylation sites is 1. The number of rotatable bonds is 5. The Morgan fingerprint density at radius 3 is 2.58 bits per heavy atom. The van der Waals surface area contributed by atoms with Crippen LogP contribution in [0.5, 0.6) is 5.88 Å². The van der Waals surface area contributed by atoms with Gasteiger partial charge in [0, 0.05) is 22.6 Å². The van der Waals surface area contributed by atoms with Crippen molar-refractivity contribution in [1.82, 2.24) is 14.5 Å². The largest absolute Gasteiger partial charge is 0.469 e. The third-order valence-corrected chi connectivity index (χ3v) is 5.01. The molecule has 0 amide bonds. The SMILES string of the molecule is Cc1cc(C(=O)COc2ncnc3ccccc23)c(C)n1-c1cccc(C(F)(F)F)c1. The van der Waals surface area contributed by atoms with Crippen molar-refractivity contribution >= 4 is 16.7 Å². The summed E-state index contributed by atoms with van der Waals surface area (Å²) in [7, 11) is 0. The zero-order valence-corrected chi connectivity index (χ0v) is 16.8. The molecular weight excluding hydrogens is 407 g/mol. The summed E-state index contributed by atoms with van der Waals surface area (Å²) in [5, 5.41) is 0.687. The van der Waals surface area contributed by atoms with E-state index in [0.29, 0.717) is 39.4 Å². The monoisotopic (exact) mass is 425 g/mol. The third kappa shape index (κ3) is 4.01.